The van der Waals surface area contributed by atoms with Gasteiger partial charge >= 0.3 is 0 Å². The van der Waals surface area contributed by atoms with E-state index in [0.29, 0.717) is 29.4 Å². The van der Waals surface area contributed by atoms with Crippen molar-refractivity contribution in [3.8, 4) is 0 Å². The predicted molar refractivity (Wildman–Crippen MR) is 106 cm³/mol. The molecule has 0 unspecified atom stereocenters. The van der Waals surface area contributed by atoms with E-state index in [0.717, 1.165) is 17.5 Å². The van der Waals surface area contributed by atoms with Gasteiger partial charge in [-0.25, -0.2) is 8.42 Å². The minimum Gasteiger partial charge on any atom is -0.370 e. The SMILES string of the molecule is CC(C)Cn1c(CCC(N)=O)nnc1SCCCS(=O)(=O)c1ccccc1. The summed E-state index contributed by atoms with van der Waals surface area (Å²) in [6, 6.07) is 8.49. The van der Waals surface area contributed by atoms with Crippen LogP contribution in [-0.4, -0.2) is 40.6 Å². The third-order valence-electron chi connectivity index (χ3n) is 3.83. The molecule has 0 aliphatic carbocycles. The topological polar surface area (TPSA) is 108 Å². The molecule has 0 aliphatic rings. The van der Waals surface area contributed by atoms with Gasteiger partial charge in [0.2, 0.25) is 5.91 Å². The number of primary amides is 1. The smallest absolute Gasteiger partial charge is 0.217 e. The fourth-order valence-corrected chi connectivity index (χ4v) is 4.97. The van der Waals surface area contributed by atoms with Crippen LogP contribution in [0, 0.1) is 5.92 Å². The molecule has 1 amide bonds. The second-order valence-corrected chi connectivity index (χ2v) is 9.87. The van der Waals surface area contributed by atoms with Gasteiger partial charge in [-0.3, -0.25) is 4.79 Å². The number of carbonyl (C=O) groups is 1. The Labute approximate surface area is 164 Å². The average Bonchev–Trinajstić information content (AvgIpc) is 2.99. The second-order valence-electron chi connectivity index (χ2n) is 6.70. The highest BCUT2D eigenvalue weighted by Gasteiger charge is 2.16. The van der Waals surface area contributed by atoms with E-state index in [1.807, 2.05) is 4.57 Å². The molecule has 7 nitrogen and oxygen atoms in total. The van der Waals surface area contributed by atoms with E-state index in [1.165, 1.54) is 11.8 Å². The highest BCUT2D eigenvalue weighted by atomic mass is 32.2. The molecule has 2 N–H and O–H groups in total. The Morgan fingerprint density at radius 2 is 1.93 bits per heavy atom. The summed E-state index contributed by atoms with van der Waals surface area (Å²) in [5.74, 6) is 1.48. The standard InChI is InChI=1S/C18H26N4O3S2/c1-14(2)13-22-17(10-9-16(19)23)20-21-18(22)26-11-6-12-27(24,25)15-7-4-3-5-8-15/h3-5,7-8,14H,6,9-13H2,1-2H3,(H2,19,23). The van der Waals surface area contributed by atoms with E-state index in [9.17, 15) is 13.2 Å². The van der Waals surface area contributed by atoms with Crippen LogP contribution >= 0.6 is 11.8 Å². The summed E-state index contributed by atoms with van der Waals surface area (Å²) in [7, 11) is -3.26. The number of nitrogens with zero attached hydrogens (tertiary/aromatic N) is 3. The molecule has 148 valence electrons. The first kappa shape index (κ1) is 21.4. The lowest BCUT2D eigenvalue weighted by molar-refractivity contribution is -0.118. The summed E-state index contributed by atoms with van der Waals surface area (Å²) < 4.78 is 26.6. The van der Waals surface area contributed by atoms with Gasteiger partial charge in [-0.2, -0.15) is 0 Å². The lowest BCUT2D eigenvalue weighted by atomic mass is 10.2. The third-order valence-corrected chi connectivity index (χ3v) is 6.70. The number of hydrogen-bond acceptors (Lipinski definition) is 6. The van der Waals surface area contributed by atoms with Crippen LogP contribution in [0.4, 0.5) is 0 Å². The Hall–Kier alpha value is -1.87. The van der Waals surface area contributed by atoms with Crippen molar-refractivity contribution in [1.29, 1.82) is 0 Å². The molecule has 27 heavy (non-hydrogen) atoms. The van der Waals surface area contributed by atoms with Gasteiger partial charge in [0.05, 0.1) is 10.6 Å². The van der Waals surface area contributed by atoms with Gasteiger partial charge in [-0.05, 0) is 24.5 Å². The van der Waals surface area contributed by atoms with Crippen molar-refractivity contribution in [2.75, 3.05) is 11.5 Å². The van der Waals surface area contributed by atoms with Crippen LogP contribution in [0.2, 0.25) is 0 Å². The van der Waals surface area contributed by atoms with Crippen LogP contribution in [0.15, 0.2) is 40.4 Å². The third kappa shape index (κ3) is 6.66. The number of thioether (sulfide) groups is 1. The largest absolute Gasteiger partial charge is 0.370 e. The Morgan fingerprint density at radius 1 is 1.22 bits per heavy atom. The van der Waals surface area contributed by atoms with Crippen molar-refractivity contribution in [2.24, 2.45) is 11.7 Å². The van der Waals surface area contributed by atoms with E-state index < -0.39 is 9.84 Å². The van der Waals surface area contributed by atoms with Crippen molar-refractivity contribution in [3.63, 3.8) is 0 Å². The Morgan fingerprint density at radius 3 is 2.56 bits per heavy atom. The number of aromatic nitrogens is 3. The van der Waals surface area contributed by atoms with Gasteiger partial charge in [0.15, 0.2) is 15.0 Å². The van der Waals surface area contributed by atoms with Crippen LogP contribution < -0.4 is 5.73 Å². The minimum atomic E-state index is -3.26. The van der Waals surface area contributed by atoms with Crippen molar-refractivity contribution < 1.29 is 13.2 Å². The minimum absolute atomic E-state index is 0.0941. The van der Waals surface area contributed by atoms with Crippen LogP contribution in [0.1, 0.15) is 32.5 Å². The lowest BCUT2D eigenvalue weighted by Gasteiger charge is -2.12. The van der Waals surface area contributed by atoms with Gasteiger partial charge in [0.25, 0.3) is 0 Å². The fourth-order valence-electron chi connectivity index (χ4n) is 2.55. The van der Waals surface area contributed by atoms with Crippen LogP contribution in [0.25, 0.3) is 0 Å². The zero-order valence-electron chi connectivity index (χ0n) is 15.7. The Kier molecular flexibility index (Phi) is 7.85. The van der Waals surface area contributed by atoms with E-state index in [4.69, 9.17) is 5.73 Å². The summed E-state index contributed by atoms with van der Waals surface area (Å²) in [4.78, 5) is 11.4. The van der Waals surface area contributed by atoms with Gasteiger partial charge in [0, 0.05) is 25.1 Å². The number of aryl methyl sites for hydroxylation is 1. The van der Waals surface area contributed by atoms with Gasteiger partial charge in [0.1, 0.15) is 5.82 Å². The monoisotopic (exact) mass is 410 g/mol. The van der Waals surface area contributed by atoms with Crippen molar-refractivity contribution in [3.05, 3.63) is 36.2 Å². The van der Waals surface area contributed by atoms with Crippen LogP contribution in [-0.2, 0) is 27.6 Å². The summed E-state index contributed by atoms with van der Waals surface area (Å²) >= 11 is 1.49. The fraction of sp³-hybridized carbons (Fsp3) is 0.500. The summed E-state index contributed by atoms with van der Waals surface area (Å²) in [5, 5.41) is 9.15. The second kappa shape index (κ2) is 9.89. The van der Waals surface area contributed by atoms with E-state index in [1.54, 1.807) is 30.3 Å². The maximum Gasteiger partial charge on any atom is 0.217 e. The maximum absolute atomic E-state index is 12.3. The molecule has 1 aromatic heterocycles. The molecule has 9 heteroatoms. The van der Waals surface area contributed by atoms with Crippen molar-refractivity contribution >= 4 is 27.5 Å². The molecule has 2 aromatic rings. The zero-order valence-corrected chi connectivity index (χ0v) is 17.3. The summed E-state index contributed by atoms with van der Waals surface area (Å²) in [5.41, 5.74) is 5.23. The Balaban J connectivity index is 1.95. The van der Waals surface area contributed by atoms with Gasteiger partial charge in [-0.1, -0.05) is 43.8 Å². The van der Waals surface area contributed by atoms with Gasteiger partial charge in [-0.15, -0.1) is 10.2 Å². The number of carbonyl (C=O) groups excluding carboxylic acids is 1. The highest BCUT2D eigenvalue weighted by Crippen LogP contribution is 2.21. The van der Waals surface area contributed by atoms with E-state index in [2.05, 4.69) is 24.0 Å². The van der Waals surface area contributed by atoms with Crippen molar-refractivity contribution in [1.82, 2.24) is 14.8 Å². The number of amides is 1. The van der Waals surface area contributed by atoms with Crippen LogP contribution in [0.5, 0.6) is 0 Å². The first-order valence-corrected chi connectivity index (χ1v) is 11.5. The van der Waals surface area contributed by atoms with E-state index in [-0.39, 0.29) is 18.1 Å². The normalized spacial score (nSPS) is 11.8. The quantitative estimate of drug-likeness (QED) is 0.450. The number of benzene rings is 1. The first-order valence-electron chi connectivity index (χ1n) is 8.90. The Bertz CT molecular complexity index is 849. The maximum atomic E-state index is 12.3. The molecule has 0 saturated heterocycles. The first-order chi connectivity index (χ1) is 12.8. The molecule has 0 bridgehead atoms. The van der Waals surface area contributed by atoms with Gasteiger partial charge < -0.3 is 10.3 Å². The highest BCUT2D eigenvalue weighted by molar-refractivity contribution is 7.99. The number of hydrogen-bond donors (Lipinski definition) is 1. The molecule has 1 heterocycles. The molecular weight excluding hydrogens is 384 g/mol. The molecule has 0 fully saturated rings. The molecule has 1 aromatic carbocycles. The predicted octanol–water partition coefficient (Wildman–Crippen LogP) is 2.31. The number of nitrogens with two attached hydrogens (primary N) is 1. The van der Waals surface area contributed by atoms with E-state index >= 15 is 0 Å². The molecule has 0 atom stereocenters. The molecular formula is C18H26N4O3S2. The lowest BCUT2D eigenvalue weighted by Crippen LogP contribution is -2.15. The molecule has 2 rings (SSSR count). The van der Waals surface area contributed by atoms with Crippen molar-refractivity contribution in [2.45, 2.75) is 49.7 Å². The number of rotatable bonds is 11. The zero-order chi connectivity index (χ0) is 19.9. The summed E-state index contributed by atoms with van der Waals surface area (Å²) in [6.07, 6.45) is 1.21. The average molecular weight is 411 g/mol. The molecule has 0 radical (unpaired) electrons. The molecule has 0 aliphatic heterocycles. The molecule has 0 spiro atoms. The summed E-state index contributed by atoms with van der Waals surface area (Å²) in [6.45, 7) is 4.93. The molecule has 0 saturated carbocycles. The van der Waals surface area contributed by atoms with Crippen LogP contribution in [0.3, 0.4) is 0 Å². The number of sulfone groups is 1.